The lowest BCUT2D eigenvalue weighted by Crippen LogP contribution is -2.40. The lowest BCUT2D eigenvalue weighted by Gasteiger charge is -2.30. The predicted molar refractivity (Wildman–Crippen MR) is 114 cm³/mol. The lowest BCUT2D eigenvalue weighted by atomic mass is 10.1. The number of sulfonamides is 1. The Bertz CT molecular complexity index is 905. The van der Waals surface area contributed by atoms with Crippen molar-refractivity contribution in [3.05, 3.63) is 60.2 Å². The fourth-order valence-corrected chi connectivity index (χ4v) is 4.33. The summed E-state index contributed by atoms with van der Waals surface area (Å²) in [6, 6.07) is 17.0. The van der Waals surface area contributed by atoms with E-state index in [0.717, 1.165) is 37.6 Å². The van der Waals surface area contributed by atoms with Crippen LogP contribution in [0.25, 0.3) is 0 Å². The van der Waals surface area contributed by atoms with Crippen LogP contribution in [0.5, 0.6) is 0 Å². The third kappa shape index (κ3) is 4.91. The molecule has 0 amide bonds. The number of para-hydroxylation sites is 1. The van der Waals surface area contributed by atoms with Crippen molar-refractivity contribution >= 4 is 21.7 Å². The Morgan fingerprint density at radius 3 is 2.32 bits per heavy atom. The molecular formula is C21H28N4O2S. The number of rotatable bonds is 5. The van der Waals surface area contributed by atoms with Crippen molar-refractivity contribution in [2.75, 3.05) is 32.5 Å². The molecule has 7 heteroatoms. The maximum absolute atomic E-state index is 12.6. The molecule has 2 aromatic rings. The Balaban J connectivity index is 1.89. The Kier molecular flexibility index (Phi) is 6.70. The first-order valence-electron chi connectivity index (χ1n) is 9.60. The molecule has 0 aromatic heterocycles. The average molecular weight is 401 g/mol. The first-order chi connectivity index (χ1) is 13.5. The van der Waals surface area contributed by atoms with Crippen LogP contribution in [0.15, 0.2) is 64.5 Å². The van der Waals surface area contributed by atoms with E-state index in [2.05, 4.69) is 10.2 Å². The number of nitrogens with zero attached hydrogens (tertiary/aromatic N) is 3. The van der Waals surface area contributed by atoms with Gasteiger partial charge >= 0.3 is 0 Å². The summed E-state index contributed by atoms with van der Waals surface area (Å²) in [5.74, 6) is 0.794. The molecule has 0 spiro atoms. The Labute approximate surface area is 167 Å². The molecule has 0 radical (unpaired) electrons. The number of guanidine groups is 1. The summed E-state index contributed by atoms with van der Waals surface area (Å²) in [7, 11) is -0.415. The maximum atomic E-state index is 12.6. The first kappa shape index (κ1) is 20.4. The SMILES string of the molecule is CN(C)S(=O)(=O)c1ccccc1CN=C(Nc1ccccc1)N1CCCCC1. The van der Waals surface area contributed by atoms with Gasteiger partial charge in [-0.2, -0.15) is 0 Å². The first-order valence-corrected chi connectivity index (χ1v) is 11.0. The molecule has 2 aromatic carbocycles. The minimum atomic E-state index is -3.51. The molecular weight excluding hydrogens is 372 g/mol. The molecule has 150 valence electrons. The fourth-order valence-electron chi connectivity index (χ4n) is 3.22. The zero-order chi connectivity index (χ0) is 20.0. The number of likely N-dealkylation sites (tertiary alicyclic amines) is 1. The smallest absolute Gasteiger partial charge is 0.242 e. The second kappa shape index (κ2) is 9.21. The van der Waals surface area contributed by atoms with E-state index >= 15 is 0 Å². The second-order valence-corrected chi connectivity index (χ2v) is 9.19. The van der Waals surface area contributed by atoms with Gasteiger partial charge in [0.25, 0.3) is 0 Å². The predicted octanol–water partition coefficient (Wildman–Crippen LogP) is 3.39. The van der Waals surface area contributed by atoms with E-state index in [9.17, 15) is 8.42 Å². The van der Waals surface area contributed by atoms with Crippen LogP contribution in [0.1, 0.15) is 24.8 Å². The highest BCUT2D eigenvalue weighted by Crippen LogP contribution is 2.20. The van der Waals surface area contributed by atoms with E-state index in [1.807, 2.05) is 42.5 Å². The van der Waals surface area contributed by atoms with Crippen LogP contribution in [-0.2, 0) is 16.6 Å². The molecule has 3 rings (SSSR count). The summed E-state index contributed by atoms with van der Waals surface area (Å²) in [5.41, 5.74) is 1.67. The van der Waals surface area contributed by atoms with Crippen LogP contribution >= 0.6 is 0 Å². The van der Waals surface area contributed by atoms with E-state index in [1.165, 1.54) is 10.7 Å². The van der Waals surface area contributed by atoms with Gasteiger partial charge in [-0.25, -0.2) is 17.7 Å². The van der Waals surface area contributed by atoms with E-state index in [-0.39, 0.29) is 0 Å². The van der Waals surface area contributed by atoms with Crippen molar-refractivity contribution in [1.82, 2.24) is 9.21 Å². The fraction of sp³-hybridized carbons (Fsp3) is 0.381. The molecule has 1 aliphatic heterocycles. The minimum Gasteiger partial charge on any atom is -0.343 e. The number of hydrogen-bond acceptors (Lipinski definition) is 3. The molecule has 0 atom stereocenters. The molecule has 0 aliphatic carbocycles. The number of benzene rings is 2. The van der Waals surface area contributed by atoms with Crippen LogP contribution in [-0.4, -0.2) is 50.8 Å². The summed E-state index contributed by atoms with van der Waals surface area (Å²) < 4.78 is 26.5. The Hall–Kier alpha value is -2.38. The zero-order valence-electron chi connectivity index (χ0n) is 16.5. The highest BCUT2D eigenvalue weighted by molar-refractivity contribution is 7.89. The standard InChI is InChI=1S/C21H28N4O2S/c1-24(2)28(26,27)20-14-8-7-11-18(20)17-22-21(25-15-9-4-10-16-25)23-19-12-5-3-6-13-19/h3,5-8,11-14H,4,9-10,15-17H2,1-2H3,(H,22,23). The van der Waals surface area contributed by atoms with Gasteiger partial charge in [-0.3, -0.25) is 0 Å². The van der Waals surface area contributed by atoms with Gasteiger partial charge in [0.05, 0.1) is 11.4 Å². The topological polar surface area (TPSA) is 65.0 Å². The Morgan fingerprint density at radius 2 is 1.64 bits per heavy atom. The number of aliphatic imine (C=N–C) groups is 1. The van der Waals surface area contributed by atoms with Crippen LogP contribution in [0.3, 0.4) is 0 Å². The van der Waals surface area contributed by atoms with Gasteiger partial charge in [0.15, 0.2) is 5.96 Å². The molecule has 1 fully saturated rings. The van der Waals surface area contributed by atoms with Gasteiger partial charge in [0.2, 0.25) is 10.0 Å². The largest absolute Gasteiger partial charge is 0.343 e. The van der Waals surface area contributed by atoms with Crippen molar-refractivity contribution in [3.63, 3.8) is 0 Å². The van der Waals surface area contributed by atoms with Crippen molar-refractivity contribution in [1.29, 1.82) is 0 Å². The average Bonchev–Trinajstić information content (AvgIpc) is 2.72. The molecule has 1 heterocycles. The normalized spacial score (nSPS) is 15.7. The third-order valence-corrected chi connectivity index (χ3v) is 6.73. The highest BCUT2D eigenvalue weighted by atomic mass is 32.2. The van der Waals surface area contributed by atoms with Gasteiger partial charge in [-0.1, -0.05) is 36.4 Å². The lowest BCUT2D eigenvalue weighted by molar-refractivity contribution is 0.340. The number of hydrogen-bond donors (Lipinski definition) is 1. The highest BCUT2D eigenvalue weighted by Gasteiger charge is 2.21. The van der Waals surface area contributed by atoms with Crippen LogP contribution in [0, 0.1) is 0 Å². The van der Waals surface area contributed by atoms with Crippen LogP contribution < -0.4 is 5.32 Å². The molecule has 0 unspecified atom stereocenters. The molecule has 1 saturated heterocycles. The molecule has 1 aliphatic rings. The summed E-state index contributed by atoms with van der Waals surface area (Å²) >= 11 is 0. The monoisotopic (exact) mass is 400 g/mol. The van der Waals surface area contributed by atoms with E-state index in [1.54, 1.807) is 26.2 Å². The Morgan fingerprint density at radius 1 is 1.00 bits per heavy atom. The summed E-state index contributed by atoms with van der Waals surface area (Å²) in [4.78, 5) is 7.35. The molecule has 0 bridgehead atoms. The number of piperidine rings is 1. The van der Waals surface area contributed by atoms with Crippen molar-refractivity contribution in [3.8, 4) is 0 Å². The van der Waals surface area contributed by atoms with Crippen molar-refractivity contribution in [2.45, 2.75) is 30.7 Å². The summed E-state index contributed by atoms with van der Waals surface area (Å²) in [6.45, 7) is 2.21. The van der Waals surface area contributed by atoms with Gasteiger partial charge in [0, 0.05) is 32.9 Å². The zero-order valence-corrected chi connectivity index (χ0v) is 17.3. The van der Waals surface area contributed by atoms with Gasteiger partial charge in [0.1, 0.15) is 0 Å². The van der Waals surface area contributed by atoms with Crippen molar-refractivity contribution in [2.24, 2.45) is 4.99 Å². The molecule has 6 nitrogen and oxygen atoms in total. The van der Waals surface area contributed by atoms with Gasteiger partial charge in [-0.15, -0.1) is 0 Å². The third-order valence-electron chi connectivity index (χ3n) is 4.82. The van der Waals surface area contributed by atoms with Crippen LogP contribution in [0.4, 0.5) is 5.69 Å². The number of anilines is 1. The maximum Gasteiger partial charge on any atom is 0.242 e. The molecule has 0 saturated carbocycles. The molecule has 28 heavy (non-hydrogen) atoms. The summed E-state index contributed by atoms with van der Waals surface area (Å²) in [6.07, 6.45) is 3.52. The number of nitrogens with one attached hydrogen (secondary N) is 1. The molecule has 1 N–H and O–H groups in total. The van der Waals surface area contributed by atoms with Crippen LogP contribution in [0.2, 0.25) is 0 Å². The minimum absolute atomic E-state index is 0.301. The van der Waals surface area contributed by atoms with E-state index in [0.29, 0.717) is 17.0 Å². The second-order valence-electron chi connectivity index (χ2n) is 7.07. The van der Waals surface area contributed by atoms with Gasteiger partial charge in [-0.05, 0) is 43.0 Å². The quantitative estimate of drug-likeness (QED) is 0.617. The van der Waals surface area contributed by atoms with Crippen molar-refractivity contribution < 1.29 is 8.42 Å². The summed E-state index contributed by atoms with van der Waals surface area (Å²) in [5, 5.41) is 3.42. The van der Waals surface area contributed by atoms with E-state index in [4.69, 9.17) is 4.99 Å². The van der Waals surface area contributed by atoms with Gasteiger partial charge < -0.3 is 10.2 Å². The van der Waals surface area contributed by atoms with E-state index < -0.39 is 10.0 Å².